The van der Waals surface area contributed by atoms with Crippen LogP contribution >= 0.6 is 0 Å². The van der Waals surface area contributed by atoms with Crippen LogP contribution in [0.1, 0.15) is 10.4 Å². The fourth-order valence-corrected chi connectivity index (χ4v) is 3.99. The summed E-state index contributed by atoms with van der Waals surface area (Å²) in [5.41, 5.74) is 0.436. The lowest BCUT2D eigenvalue weighted by Crippen LogP contribution is -2.52. The van der Waals surface area contributed by atoms with Gasteiger partial charge >= 0.3 is 0 Å². The quantitative estimate of drug-likeness (QED) is 0.562. The predicted molar refractivity (Wildman–Crippen MR) is 114 cm³/mol. The Kier molecular flexibility index (Phi) is 9.63. The number of benzene rings is 1. The van der Waals surface area contributed by atoms with Crippen molar-refractivity contribution < 1.29 is 28.5 Å². The van der Waals surface area contributed by atoms with E-state index in [4.69, 9.17) is 14.2 Å². The second-order valence-corrected chi connectivity index (χ2v) is 8.07. The van der Waals surface area contributed by atoms with Crippen LogP contribution in [0.3, 0.4) is 0 Å². The molecule has 31 heavy (non-hydrogen) atoms. The first-order valence-electron chi connectivity index (χ1n) is 10.9. The van der Waals surface area contributed by atoms with Gasteiger partial charge < -0.3 is 24.2 Å². The third-order valence-electron chi connectivity index (χ3n) is 5.63. The number of halogens is 1. The van der Waals surface area contributed by atoms with Crippen molar-refractivity contribution in [2.24, 2.45) is 0 Å². The van der Waals surface area contributed by atoms with Crippen molar-refractivity contribution in [3.8, 4) is 0 Å². The fraction of sp³-hybridized carbons (Fsp3) is 0.682. The highest BCUT2D eigenvalue weighted by molar-refractivity contribution is 5.94. The van der Waals surface area contributed by atoms with Crippen molar-refractivity contribution in [1.82, 2.24) is 14.7 Å². The van der Waals surface area contributed by atoms with E-state index in [1.807, 2.05) is 0 Å². The number of aliphatic hydroxyl groups excluding tert-OH is 1. The van der Waals surface area contributed by atoms with Crippen LogP contribution in [0.2, 0.25) is 0 Å². The highest BCUT2D eigenvalue weighted by Crippen LogP contribution is 2.12. The molecule has 0 spiro atoms. The molecule has 0 saturated carbocycles. The van der Waals surface area contributed by atoms with Gasteiger partial charge in [-0.1, -0.05) is 0 Å². The van der Waals surface area contributed by atoms with E-state index in [1.54, 1.807) is 12.0 Å². The van der Waals surface area contributed by atoms with E-state index in [1.165, 1.54) is 24.3 Å². The normalized spacial score (nSPS) is 21.7. The van der Waals surface area contributed by atoms with Crippen LogP contribution in [0.15, 0.2) is 24.3 Å². The summed E-state index contributed by atoms with van der Waals surface area (Å²) in [6.45, 7) is 7.51. The van der Waals surface area contributed by atoms with Crippen LogP contribution < -0.4 is 0 Å². The smallest absolute Gasteiger partial charge is 0.254 e. The van der Waals surface area contributed by atoms with Gasteiger partial charge in [-0.05, 0) is 24.3 Å². The number of carbonyl (C=O) groups excluding carboxylic acids is 1. The van der Waals surface area contributed by atoms with Crippen molar-refractivity contribution >= 4 is 5.91 Å². The van der Waals surface area contributed by atoms with E-state index in [9.17, 15) is 14.3 Å². The van der Waals surface area contributed by atoms with E-state index < -0.39 is 6.10 Å². The molecule has 2 heterocycles. The summed E-state index contributed by atoms with van der Waals surface area (Å²) in [6.07, 6.45) is -0.604. The zero-order chi connectivity index (χ0) is 22.1. The molecule has 2 aliphatic heterocycles. The highest BCUT2D eigenvalue weighted by atomic mass is 19.1. The number of aliphatic hydroxyl groups is 1. The van der Waals surface area contributed by atoms with Gasteiger partial charge in [0.25, 0.3) is 5.91 Å². The Balaban J connectivity index is 1.52. The molecule has 2 aliphatic rings. The highest BCUT2D eigenvalue weighted by Gasteiger charge is 2.27. The molecule has 1 aromatic carbocycles. The molecule has 2 atom stereocenters. The Morgan fingerprint density at radius 1 is 1.19 bits per heavy atom. The lowest BCUT2D eigenvalue weighted by atomic mass is 10.1. The lowest BCUT2D eigenvalue weighted by Gasteiger charge is -2.37. The van der Waals surface area contributed by atoms with E-state index in [-0.39, 0.29) is 17.8 Å². The standard InChI is InChI=1S/C22H34FN3O5/c1-29-10-9-26(22(28)18-2-4-19(23)5-3-18)17-21-16-25(8-13-31-21)15-20(27)14-24-6-11-30-12-7-24/h2-5,20-21,27H,6-17H2,1H3. The summed E-state index contributed by atoms with van der Waals surface area (Å²) in [6, 6.07) is 5.56. The maximum Gasteiger partial charge on any atom is 0.254 e. The first-order valence-corrected chi connectivity index (χ1v) is 10.9. The molecule has 0 aliphatic carbocycles. The van der Waals surface area contributed by atoms with Gasteiger partial charge in [0.05, 0.1) is 38.6 Å². The van der Waals surface area contributed by atoms with Gasteiger partial charge in [-0.3, -0.25) is 14.6 Å². The van der Waals surface area contributed by atoms with Gasteiger partial charge in [-0.15, -0.1) is 0 Å². The Bertz CT molecular complexity index is 672. The average molecular weight is 440 g/mol. The zero-order valence-electron chi connectivity index (χ0n) is 18.2. The summed E-state index contributed by atoms with van der Waals surface area (Å²) < 4.78 is 29.7. The number of amides is 1. The first kappa shape index (κ1) is 24.0. The van der Waals surface area contributed by atoms with E-state index in [0.29, 0.717) is 64.7 Å². The Labute approximate surface area is 183 Å². The third-order valence-corrected chi connectivity index (χ3v) is 5.63. The van der Waals surface area contributed by atoms with E-state index in [2.05, 4.69) is 9.80 Å². The number of hydrogen-bond donors (Lipinski definition) is 1. The maximum atomic E-state index is 13.2. The molecule has 2 fully saturated rings. The molecular formula is C22H34FN3O5. The zero-order valence-corrected chi connectivity index (χ0v) is 18.2. The van der Waals surface area contributed by atoms with Gasteiger partial charge in [0.1, 0.15) is 5.82 Å². The van der Waals surface area contributed by atoms with Crippen molar-refractivity contribution in [3.05, 3.63) is 35.6 Å². The predicted octanol–water partition coefficient (Wildman–Crippen LogP) is 0.308. The van der Waals surface area contributed by atoms with Gasteiger partial charge in [0.2, 0.25) is 0 Å². The molecule has 0 bridgehead atoms. The monoisotopic (exact) mass is 439 g/mol. The molecular weight excluding hydrogens is 405 g/mol. The summed E-state index contributed by atoms with van der Waals surface area (Å²) in [7, 11) is 1.59. The van der Waals surface area contributed by atoms with Gasteiger partial charge in [0.15, 0.2) is 0 Å². The second kappa shape index (κ2) is 12.4. The molecule has 2 unspecified atom stereocenters. The number of β-amino-alcohol motifs (C(OH)–C–C–N with tert-alkyl or cyclic N) is 1. The largest absolute Gasteiger partial charge is 0.390 e. The van der Waals surface area contributed by atoms with Crippen molar-refractivity contribution in [3.63, 3.8) is 0 Å². The van der Waals surface area contributed by atoms with Crippen molar-refractivity contribution in [1.29, 1.82) is 0 Å². The molecule has 1 N–H and O–H groups in total. The number of rotatable bonds is 10. The summed E-state index contributed by atoms with van der Waals surface area (Å²) in [5.74, 6) is -0.549. The first-order chi connectivity index (χ1) is 15.0. The van der Waals surface area contributed by atoms with Gasteiger partial charge in [0, 0.05) is 65.0 Å². The number of nitrogens with zero attached hydrogens (tertiary/aromatic N) is 3. The van der Waals surface area contributed by atoms with Crippen LogP contribution in [-0.4, -0.2) is 124 Å². The van der Waals surface area contributed by atoms with Crippen LogP contribution in [0.4, 0.5) is 4.39 Å². The average Bonchev–Trinajstić information content (AvgIpc) is 2.77. The van der Waals surface area contributed by atoms with Crippen LogP contribution in [0, 0.1) is 5.82 Å². The molecule has 9 heteroatoms. The number of morpholine rings is 2. The molecule has 1 amide bonds. The van der Waals surface area contributed by atoms with Gasteiger partial charge in [-0.25, -0.2) is 4.39 Å². The molecule has 2 saturated heterocycles. The van der Waals surface area contributed by atoms with Crippen LogP contribution in [-0.2, 0) is 14.2 Å². The van der Waals surface area contributed by atoms with Crippen LogP contribution in [0.5, 0.6) is 0 Å². The SMILES string of the molecule is COCCN(CC1CN(CC(O)CN2CCOCC2)CCO1)C(=O)c1ccc(F)cc1. The van der Waals surface area contributed by atoms with E-state index in [0.717, 1.165) is 19.6 Å². The second-order valence-electron chi connectivity index (χ2n) is 8.07. The van der Waals surface area contributed by atoms with E-state index >= 15 is 0 Å². The number of methoxy groups -OCH3 is 1. The minimum Gasteiger partial charge on any atom is -0.390 e. The minimum absolute atomic E-state index is 0.161. The number of carbonyl (C=O) groups is 1. The topological polar surface area (TPSA) is 74.7 Å². The summed E-state index contributed by atoms with van der Waals surface area (Å²) in [4.78, 5) is 19.0. The Morgan fingerprint density at radius 2 is 1.87 bits per heavy atom. The lowest BCUT2D eigenvalue weighted by molar-refractivity contribution is -0.0564. The molecule has 0 aromatic heterocycles. The summed E-state index contributed by atoms with van der Waals surface area (Å²) in [5, 5.41) is 10.5. The number of hydrogen-bond acceptors (Lipinski definition) is 7. The van der Waals surface area contributed by atoms with Gasteiger partial charge in [-0.2, -0.15) is 0 Å². The maximum absolute atomic E-state index is 13.2. The van der Waals surface area contributed by atoms with Crippen LogP contribution in [0.25, 0.3) is 0 Å². The molecule has 0 radical (unpaired) electrons. The third kappa shape index (κ3) is 7.78. The molecule has 8 nitrogen and oxygen atoms in total. The molecule has 3 rings (SSSR count). The molecule has 174 valence electrons. The van der Waals surface area contributed by atoms with Crippen molar-refractivity contribution in [2.45, 2.75) is 12.2 Å². The Hall–Kier alpha value is -1.62. The molecule has 1 aromatic rings. The minimum atomic E-state index is -0.442. The Morgan fingerprint density at radius 3 is 2.58 bits per heavy atom. The van der Waals surface area contributed by atoms with Crippen molar-refractivity contribution in [2.75, 3.05) is 85.9 Å². The summed E-state index contributed by atoms with van der Waals surface area (Å²) >= 11 is 0. The fourth-order valence-electron chi connectivity index (χ4n) is 3.99. The number of ether oxygens (including phenoxy) is 3.